The van der Waals surface area contributed by atoms with Gasteiger partial charge in [0.25, 0.3) is 0 Å². The first-order chi connectivity index (χ1) is 9.66. The van der Waals surface area contributed by atoms with Gasteiger partial charge in [0, 0.05) is 0 Å². The first-order valence-electron chi connectivity index (χ1n) is 7.15. The minimum absolute atomic E-state index is 0.0455. The number of methoxy groups -OCH3 is 2. The van der Waals surface area contributed by atoms with Crippen molar-refractivity contribution in [2.24, 2.45) is 0 Å². The van der Waals surface area contributed by atoms with E-state index in [-0.39, 0.29) is 11.6 Å². The highest BCUT2D eigenvalue weighted by molar-refractivity contribution is 6.74. The third-order valence-corrected chi connectivity index (χ3v) is 8.71. The van der Waals surface area contributed by atoms with Crippen LogP contribution in [-0.2, 0) is 17.6 Å². The maximum absolute atomic E-state index is 9.30. The van der Waals surface area contributed by atoms with Crippen molar-refractivity contribution >= 4 is 8.32 Å². The third-order valence-electron chi connectivity index (χ3n) is 4.23. The number of ether oxygens (including phenoxy) is 2. The standard InChI is InChI=1S/C16H28O4Si/c1-16(2,3)21(6,7)20-11-13-14(18-4)8-12(10-17)9-15(13)19-5/h8-9,17H,10-11H2,1-7H3. The summed E-state index contributed by atoms with van der Waals surface area (Å²) in [7, 11) is 1.39. The zero-order valence-corrected chi connectivity index (χ0v) is 15.2. The predicted molar refractivity (Wildman–Crippen MR) is 87.5 cm³/mol. The summed E-state index contributed by atoms with van der Waals surface area (Å²) in [5.74, 6) is 1.38. The minimum Gasteiger partial charge on any atom is -0.496 e. The van der Waals surface area contributed by atoms with Crippen molar-refractivity contribution in [3.8, 4) is 11.5 Å². The van der Waals surface area contributed by atoms with Gasteiger partial charge in [-0.3, -0.25) is 0 Å². The van der Waals surface area contributed by atoms with Gasteiger partial charge in [0.05, 0.1) is 33.0 Å². The van der Waals surface area contributed by atoms with E-state index in [1.54, 1.807) is 14.2 Å². The lowest BCUT2D eigenvalue weighted by Gasteiger charge is -2.36. The van der Waals surface area contributed by atoms with Crippen molar-refractivity contribution in [3.05, 3.63) is 23.3 Å². The quantitative estimate of drug-likeness (QED) is 0.813. The molecule has 0 saturated heterocycles. The van der Waals surface area contributed by atoms with E-state index in [0.29, 0.717) is 18.1 Å². The van der Waals surface area contributed by atoms with Gasteiger partial charge in [-0.2, -0.15) is 0 Å². The Morgan fingerprint density at radius 2 is 1.52 bits per heavy atom. The van der Waals surface area contributed by atoms with Gasteiger partial charge in [-0.05, 0) is 35.8 Å². The molecule has 0 heterocycles. The molecular formula is C16H28O4Si. The Hall–Kier alpha value is -1.04. The van der Waals surface area contributed by atoms with Crippen molar-refractivity contribution in [2.45, 2.75) is 52.1 Å². The Bertz CT molecular complexity index is 453. The van der Waals surface area contributed by atoms with Gasteiger partial charge in [0.1, 0.15) is 11.5 Å². The van der Waals surface area contributed by atoms with Crippen LogP contribution in [0.4, 0.5) is 0 Å². The zero-order valence-electron chi connectivity index (χ0n) is 14.2. The zero-order chi connectivity index (χ0) is 16.3. The summed E-state index contributed by atoms with van der Waals surface area (Å²) < 4.78 is 17.1. The molecule has 0 aliphatic heterocycles. The first-order valence-corrected chi connectivity index (χ1v) is 10.1. The molecular weight excluding hydrogens is 284 g/mol. The second-order valence-corrected chi connectivity index (χ2v) is 11.5. The fraction of sp³-hybridized carbons (Fsp3) is 0.625. The normalized spacial score (nSPS) is 12.4. The largest absolute Gasteiger partial charge is 0.496 e. The summed E-state index contributed by atoms with van der Waals surface area (Å²) in [6, 6.07) is 3.65. The van der Waals surface area contributed by atoms with E-state index < -0.39 is 8.32 Å². The molecule has 5 heteroatoms. The molecule has 120 valence electrons. The van der Waals surface area contributed by atoms with Crippen molar-refractivity contribution in [2.75, 3.05) is 14.2 Å². The average Bonchev–Trinajstić information content (AvgIpc) is 2.42. The number of aliphatic hydroxyl groups is 1. The molecule has 0 radical (unpaired) electrons. The molecule has 4 nitrogen and oxygen atoms in total. The number of benzene rings is 1. The molecule has 1 aromatic rings. The molecule has 21 heavy (non-hydrogen) atoms. The van der Waals surface area contributed by atoms with E-state index in [1.807, 2.05) is 12.1 Å². The molecule has 0 bridgehead atoms. The Morgan fingerprint density at radius 1 is 1.05 bits per heavy atom. The third kappa shape index (κ3) is 4.22. The van der Waals surface area contributed by atoms with Gasteiger partial charge >= 0.3 is 0 Å². The summed E-state index contributed by atoms with van der Waals surface area (Å²) in [5.41, 5.74) is 1.65. The smallest absolute Gasteiger partial charge is 0.192 e. The van der Waals surface area contributed by atoms with E-state index in [4.69, 9.17) is 13.9 Å². The maximum Gasteiger partial charge on any atom is 0.192 e. The van der Waals surface area contributed by atoms with E-state index in [0.717, 1.165) is 11.1 Å². The highest BCUT2D eigenvalue weighted by Crippen LogP contribution is 2.39. The second-order valence-electron chi connectivity index (χ2n) is 6.69. The van der Waals surface area contributed by atoms with Gasteiger partial charge in [-0.1, -0.05) is 20.8 Å². The molecule has 0 unspecified atom stereocenters. The molecule has 0 spiro atoms. The minimum atomic E-state index is -1.84. The van der Waals surface area contributed by atoms with E-state index in [1.165, 1.54) is 0 Å². The van der Waals surface area contributed by atoms with Crippen LogP contribution in [0.3, 0.4) is 0 Å². The Kier molecular flexibility index (Phi) is 5.84. The first kappa shape index (κ1) is 18.0. The SMILES string of the molecule is COc1cc(CO)cc(OC)c1CO[Si](C)(C)C(C)(C)C. The molecule has 0 fully saturated rings. The van der Waals surface area contributed by atoms with Crippen molar-refractivity contribution in [1.82, 2.24) is 0 Å². The average molecular weight is 312 g/mol. The van der Waals surface area contributed by atoms with Crippen LogP contribution in [0, 0.1) is 0 Å². The lowest BCUT2D eigenvalue weighted by Crippen LogP contribution is -2.40. The van der Waals surface area contributed by atoms with E-state index >= 15 is 0 Å². The van der Waals surface area contributed by atoms with Crippen LogP contribution in [0.15, 0.2) is 12.1 Å². The summed E-state index contributed by atoms with van der Waals surface area (Å²) in [6.07, 6.45) is 0. The number of hydrogen-bond acceptors (Lipinski definition) is 4. The van der Waals surface area contributed by atoms with Gasteiger partial charge in [0.15, 0.2) is 8.32 Å². The number of rotatable bonds is 6. The lowest BCUT2D eigenvalue weighted by molar-refractivity contribution is 0.259. The van der Waals surface area contributed by atoms with Crippen LogP contribution >= 0.6 is 0 Å². The Morgan fingerprint density at radius 3 is 1.86 bits per heavy atom. The highest BCUT2D eigenvalue weighted by Gasteiger charge is 2.37. The molecule has 1 aromatic carbocycles. The van der Waals surface area contributed by atoms with Crippen LogP contribution in [0.2, 0.25) is 18.1 Å². The highest BCUT2D eigenvalue weighted by atomic mass is 28.4. The van der Waals surface area contributed by atoms with E-state index in [2.05, 4.69) is 33.9 Å². The molecule has 0 amide bonds. The van der Waals surface area contributed by atoms with Gasteiger partial charge in [0.2, 0.25) is 0 Å². The Labute approximate surface area is 129 Å². The topological polar surface area (TPSA) is 47.9 Å². The predicted octanol–water partition coefficient (Wildman–Crippen LogP) is 3.72. The van der Waals surface area contributed by atoms with Crippen LogP contribution < -0.4 is 9.47 Å². The van der Waals surface area contributed by atoms with Crippen LogP contribution in [0.25, 0.3) is 0 Å². The van der Waals surface area contributed by atoms with Gasteiger partial charge < -0.3 is 19.0 Å². The van der Waals surface area contributed by atoms with Crippen LogP contribution in [-0.4, -0.2) is 27.6 Å². The maximum atomic E-state index is 9.30. The molecule has 0 aromatic heterocycles. The summed E-state index contributed by atoms with van der Waals surface area (Å²) >= 11 is 0. The molecule has 0 aliphatic carbocycles. The molecule has 0 saturated carbocycles. The van der Waals surface area contributed by atoms with Crippen molar-refractivity contribution in [3.63, 3.8) is 0 Å². The van der Waals surface area contributed by atoms with Crippen LogP contribution in [0.1, 0.15) is 31.9 Å². The molecule has 1 N–H and O–H groups in total. The monoisotopic (exact) mass is 312 g/mol. The van der Waals surface area contributed by atoms with Crippen LogP contribution in [0.5, 0.6) is 11.5 Å². The molecule has 0 atom stereocenters. The summed E-state index contributed by atoms with van der Waals surface area (Å²) in [5, 5.41) is 9.45. The van der Waals surface area contributed by atoms with Crippen molar-refractivity contribution < 1.29 is 19.0 Å². The summed E-state index contributed by atoms with van der Waals surface area (Å²) in [4.78, 5) is 0. The van der Waals surface area contributed by atoms with Crippen molar-refractivity contribution in [1.29, 1.82) is 0 Å². The number of aliphatic hydroxyl groups excluding tert-OH is 1. The Balaban J connectivity index is 3.08. The summed E-state index contributed by atoms with van der Waals surface area (Å²) in [6.45, 7) is 11.5. The molecule has 1 rings (SSSR count). The molecule has 0 aliphatic rings. The fourth-order valence-electron chi connectivity index (χ4n) is 1.74. The lowest BCUT2D eigenvalue weighted by atomic mass is 10.1. The second kappa shape index (κ2) is 6.81. The van der Waals surface area contributed by atoms with Gasteiger partial charge in [-0.25, -0.2) is 0 Å². The fourth-order valence-corrected chi connectivity index (χ4v) is 2.68. The van der Waals surface area contributed by atoms with Gasteiger partial charge in [-0.15, -0.1) is 0 Å². The number of hydrogen-bond donors (Lipinski definition) is 1. The van der Waals surface area contributed by atoms with E-state index in [9.17, 15) is 5.11 Å².